The van der Waals surface area contributed by atoms with E-state index in [0.717, 1.165) is 5.56 Å². The fourth-order valence-corrected chi connectivity index (χ4v) is 2.09. The number of benzene rings is 2. The third kappa shape index (κ3) is 4.55. The lowest BCUT2D eigenvalue weighted by molar-refractivity contribution is -0.123. The number of nitrogens with one attached hydrogen (secondary N) is 1. The highest BCUT2D eigenvalue weighted by Gasteiger charge is 2.09. The number of hydrogen-bond acceptors (Lipinski definition) is 4. The highest BCUT2D eigenvalue weighted by Crippen LogP contribution is 2.27. The molecule has 0 fully saturated rings. The Morgan fingerprint density at radius 2 is 2.00 bits per heavy atom. The number of carbonyl (C=O) groups is 2. The average Bonchev–Trinajstić information content (AvgIpc) is 2.60. The van der Waals surface area contributed by atoms with Gasteiger partial charge in [0.25, 0.3) is 5.91 Å². The van der Waals surface area contributed by atoms with Crippen molar-refractivity contribution in [3.05, 3.63) is 58.9 Å². The van der Waals surface area contributed by atoms with Gasteiger partial charge in [0, 0.05) is 12.1 Å². The Balaban J connectivity index is 1.89. The van der Waals surface area contributed by atoms with Gasteiger partial charge in [-0.25, -0.2) is 4.39 Å². The van der Waals surface area contributed by atoms with Crippen LogP contribution < -0.4 is 14.8 Å². The van der Waals surface area contributed by atoms with E-state index in [1.54, 1.807) is 31.2 Å². The summed E-state index contributed by atoms with van der Waals surface area (Å²) in [5.74, 6) is 0.148. The highest BCUT2D eigenvalue weighted by molar-refractivity contribution is 5.78. The number of rotatable bonds is 7. The van der Waals surface area contributed by atoms with Crippen molar-refractivity contribution in [2.45, 2.75) is 13.5 Å². The molecule has 0 aliphatic rings. The molecule has 6 heteroatoms. The number of ether oxygens (including phenoxy) is 2. The Labute approximate surface area is 139 Å². The van der Waals surface area contributed by atoms with Gasteiger partial charge in [-0.15, -0.1) is 0 Å². The van der Waals surface area contributed by atoms with Crippen LogP contribution in [0.4, 0.5) is 4.39 Å². The molecule has 1 amide bonds. The molecular formula is C18H18FNO4. The van der Waals surface area contributed by atoms with Gasteiger partial charge in [-0.3, -0.25) is 9.59 Å². The van der Waals surface area contributed by atoms with E-state index >= 15 is 0 Å². The minimum absolute atomic E-state index is 0.197. The van der Waals surface area contributed by atoms with Crippen molar-refractivity contribution in [1.29, 1.82) is 0 Å². The summed E-state index contributed by atoms with van der Waals surface area (Å²) in [5.41, 5.74) is 1.78. The zero-order valence-electron chi connectivity index (χ0n) is 13.5. The minimum Gasteiger partial charge on any atom is -0.493 e. The number of halogens is 1. The molecule has 0 saturated carbocycles. The minimum atomic E-state index is -0.321. The van der Waals surface area contributed by atoms with Crippen LogP contribution in [-0.2, 0) is 11.3 Å². The third-order valence-corrected chi connectivity index (χ3v) is 3.39. The van der Waals surface area contributed by atoms with E-state index in [4.69, 9.17) is 9.47 Å². The van der Waals surface area contributed by atoms with E-state index in [1.165, 1.54) is 19.2 Å². The van der Waals surface area contributed by atoms with Crippen molar-refractivity contribution in [3.8, 4) is 11.5 Å². The monoisotopic (exact) mass is 331 g/mol. The van der Waals surface area contributed by atoms with E-state index in [2.05, 4.69) is 5.32 Å². The van der Waals surface area contributed by atoms with Crippen LogP contribution in [0.1, 0.15) is 21.5 Å². The summed E-state index contributed by atoms with van der Waals surface area (Å²) in [6, 6.07) is 9.33. The number of amides is 1. The van der Waals surface area contributed by atoms with Gasteiger partial charge in [-0.2, -0.15) is 0 Å². The molecule has 2 aromatic carbocycles. The van der Waals surface area contributed by atoms with Gasteiger partial charge in [0.15, 0.2) is 18.1 Å². The summed E-state index contributed by atoms with van der Waals surface area (Å²) in [6.45, 7) is 1.75. The first-order valence-corrected chi connectivity index (χ1v) is 7.31. The Morgan fingerprint density at radius 1 is 1.21 bits per heavy atom. The second-order valence-electron chi connectivity index (χ2n) is 5.18. The smallest absolute Gasteiger partial charge is 0.258 e. The number of hydrogen-bond donors (Lipinski definition) is 1. The molecule has 0 bridgehead atoms. The van der Waals surface area contributed by atoms with E-state index in [-0.39, 0.29) is 24.9 Å². The lowest BCUT2D eigenvalue weighted by Crippen LogP contribution is -2.28. The molecule has 0 atom stereocenters. The van der Waals surface area contributed by atoms with E-state index in [9.17, 15) is 14.0 Å². The van der Waals surface area contributed by atoms with Crippen molar-refractivity contribution in [2.75, 3.05) is 13.7 Å². The van der Waals surface area contributed by atoms with E-state index < -0.39 is 0 Å². The van der Waals surface area contributed by atoms with Crippen LogP contribution in [0.2, 0.25) is 0 Å². The molecule has 0 heterocycles. The van der Waals surface area contributed by atoms with Gasteiger partial charge >= 0.3 is 0 Å². The van der Waals surface area contributed by atoms with Gasteiger partial charge in [0.05, 0.1) is 7.11 Å². The fraction of sp³-hybridized carbons (Fsp3) is 0.222. The zero-order valence-corrected chi connectivity index (χ0v) is 13.5. The van der Waals surface area contributed by atoms with Crippen molar-refractivity contribution in [1.82, 2.24) is 5.32 Å². The molecule has 2 aromatic rings. The lowest BCUT2D eigenvalue weighted by atomic mass is 10.1. The summed E-state index contributed by atoms with van der Waals surface area (Å²) in [4.78, 5) is 22.6. The molecular weight excluding hydrogens is 313 g/mol. The van der Waals surface area contributed by atoms with Crippen LogP contribution in [0.25, 0.3) is 0 Å². The van der Waals surface area contributed by atoms with Gasteiger partial charge < -0.3 is 14.8 Å². The molecule has 1 N–H and O–H groups in total. The predicted octanol–water partition coefficient (Wildman–Crippen LogP) is 2.65. The second-order valence-corrected chi connectivity index (χ2v) is 5.18. The summed E-state index contributed by atoms with van der Waals surface area (Å²) in [5, 5.41) is 2.69. The Morgan fingerprint density at radius 3 is 2.67 bits per heavy atom. The van der Waals surface area contributed by atoms with E-state index in [0.29, 0.717) is 28.9 Å². The topological polar surface area (TPSA) is 64.6 Å². The number of aldehydes is 1. The van der Waals surface area contributed by atoms with Crippen LogP contribution in [0, 0.1) is 12.7 Å². The molecule has 0 aliphatic carbocycles. The number of aryl methyl sites for hydroxylation is 1. The maximum Gasteiger partial charge on any atom is 0.258 e. The average molecular weight is 331 g/mol. The molecule has 0 radical (unpaired) electrons. The molecule has 0 aromatic heterocycles. The Hall–Kier alpha value is -2.89. The van der Waals surface area contributed by atoms with Crippen LogP contribution in [0.15, 0.2) is 36.4 Å². The van der Waals surface area contributed by atoms with Gasteiger partial charge in [-0.05, 0) is 42.3 Å². The fourth-order valence-electron chi connectivity index (χ4n) is 2.09. The number of carbonyl (C=O) groups excluding carboxylic acids is 2. The maximum absolute atomic E-state index is 13.2. The van der Waals surface area contributed by atoms with Crippen LogP contribution in [0.5, 0.6) is 11.5 Å². The SMILES string of the molecule is COc1cc(C=O)ccc1OCC(=O)NCc1ccc(F)c(C)c1. The highest BCUT2D eigenvalue weighted by atomic mass is 19.1. The molecule has 126 valence electrons. The summed E-state index contributed by atoms with van der Waals surface area (Å²) < 4.78 is 23.7. The first kappa shape index (κ1) is 17.5. The quantitative estimate of drug-likeness (QED) is 0.792. The van der Waals surface area contributed by atoms with Crippen molar-refractivity contribution in [3.63, 3.8) is 0 Å². The molecule has 0 spiro atoms. The zero-order chi connectivity index (χ0) is 17.5. The summed E-state index contributed by atoms with van der Waals surface area (Å²) >= 11 is 0. The maximum atomic E-state index is 13.2. The molecule has 0 aliphatic heterocycles. The number of methoxy groups -OCH3 is 1. The van der Waals surface area contributed by atoms with Crippen LogP contribution in [0.3, 0.4) is 0 Å². The Bertz CT molecular complexity index is 746. The van der Waals surface area contributed by atoms with Crippen molar-refractivity contribution >= 4 is 12.2 Å². The van der Waals surface area contributed by atoms with Gasteiger partial charge in [-0.1, -0.05) is 12.1 Å². The molecule has 0 unspecified atom stereocenters. The summed E-state index contributed by atoms with van der Waals surface area (Å²) in [6.07, 6.45) is 0.698. The van der Waals surface area contributed by atoms with Gasteiger partial charge in [0.2, 0.25) is 0 Å². The van der Waals surface area contributed by atoms with Crippen LogP contribution in [-0.4, -0.2) is 25.9 Å². The van der Waals surface area contributed by atoms with Gasteiger partial charge in [0.1, 0.15) is 12.1 Å². The van der Waals surface area contributed by atoms with Crippen LogP contribution >= 0.6 is 0 Å². The molecule has 24 heavy (non-hydrogen) atoms. The molecule has 2 rings (SSSR count). The van der Waals surface area contributed by atoms with E-state index in [1.807, 2.05) is 0 Å². The third-order valence-electron chi connectivity index (χ3n) is 3.39. The van der Waals surface area contributed by atoms with Crippen molar-refractivity contribution < 1.29 is 23.5 Å². The normalized spacial score (nSPS) is 10.1. The Kier molecular flexibility index (Phi) is 5.89. The second kappa shape index (κ2) is 8.10. The predicted molar refractivity (Wildman–Crippen MR) is 86.9 cm³/mol. The standard InChI is InChI=1S/C18H18FNO4/c1-12-7-13(3-5-15(12)19)9-20-18(22)11-24-16-6-4-14(10-21)8-17(16)23-2/h3-8,10H,9,11H2,1-2H3,(H,20,22). The molecule has 0 saturated heterocycles. The largest absolute Gasteiger partial charge is 0.493 e. The summed E-state index contributed by atoms with van der Waals surface area (Å²) in [7, 11) is 1.45. The first-order chi connectivity index (χ1) is 11.5. The first-order valence-electron chi connectivity index (χ1n) is 7.31. The molecule has 5 nitrogen and oxygen atoms in total. The van der Waals surface area contributed by atoms with Crippen molar-refractivity contribution in [2.24, 2.45) is 0 Å². The lowest BCUT2D eigenvalue weighted by Gasteiger charge is -2.11.